The molecule has 0 aliphatic rings. The molecule has 0 heterocycles. The van der Waals surface area contributed by atoms with Crippen molar-refractivity contribution >= 4 is 0 Å². The first-order chi connectivity index (χ1) is 7.57. The Hall–Kier alpha value is -1.08. The first-order valence-electron chi connectivity index (χ1n) is 5.81. The number of hydrogen-bond donors (Lipinski definition) is 0. The first kappa shape index (κ1) is 13.0. The van der Waals surface area contributed by atoms with Crippen LogP contribution in [0.4, 0.5) is 0 Å². The molecule has 1 rings (SSSR count). The molecule has 0 aliphatic heterocycles. The van der Waals surface area contributed by atoms with E-state index in [1.54, 1.807) is 7.11 Å². The number of hydrogen-bond acceptors (Lipinski definition) is 1. The minimum Gasteiger partial charge on any atom is -0.380 e. The van der Waals surface area contributed by atoms with Crippen molar-refractivity contribution in [3.05, 3.63) is 48.0 Å². The van der Waals surface area contributed by atoms with E-state index in [0.29, 0.717) is 11.8 Å². The zero-order valence-corrected chi connectivity index (χ0v) is 10.7. The van der Waals surface area contributed by atoms with Gasteiger partial charge in [-0.2, -0.15) is 0 Å². The Balaban J connectivity index is 2.85. The van der Waals surface area contributed by atoms with E-state index in [0.717, 1.165) is 0 Å². The van der Waals surface area contributed by atoms with Gasteiger partial charge in [0.1, 0.15) is 0 Å². The van der Waals surface area contributed by atoms with Gasteiger partial charge in [-0.05, 0) is 12.5 Å². The van der Waals surface area contributed by atoms with Gasteiger partial charge >= 0.3 is 0 Å². The summed E-state index contributed by atoms with van der Waals surface area (Å²) in [6, 6.07) is 10.5. The largest absolute Gasteiger partial charge is 0.380 e. The Morgan fingerprint density at radius 3 is 2.19 bits per heavy atom. The Morgan fingerprint density at radius 1 is 1.19 bits per heavy atom. The van der Waals surface area contributed by atoms with Gasteiger partial charge in [0, 0.05) is 18.9 Å². The quantitative estimate of drug-likeness (QED) is 0.678. The molecule has 0 spiro atoms. The van der Waals surface area contributed by atoms with Gasteiger partial charge in [0.2, 0.25) is 0 Å². The highest BCUT2D eigenvalue weighted by Gasteiger charge is 2.24. The van der Waals surface area contributed by atoms with Crippen molar-refractivity contribution in [3.8, 4) is 0 Å². The lowest BCUT2D eigenvalue weighted by atomic mass is 9.85. The third kappa shape index (κ3) is 2.96. The van der Waals surface area contributed by atoms with Crippen molar-refractivity contribution in [2.24, 2.45) is 5.92 Å². The van der Waals surface area contributed by atoms with Gasteiger partial charge in [0.15, 0.2) is 0 Å². The molecule has 16 heavy (non-hydrogen) atoms. The average Bonchev–Trinajstić information content (AvgIpc) is 2.30. The second kappa shape index (κ2) is 5.86. The van der Waals surface area contributed by atoms with Gasteiger partial charge in [-0.25, -0.2) is 0 Å². The van der Waals surface area contributed by atoms with Crippen LogP contribution in [0.25, 0.3) is 0 Å². The molecule has 88 valence electrons. The maximum absolute atomic E-state index is 5.63. The van der Waals surface area contributed by atoms with E-state index in [-0.39, 0.29) is 6.10 Å². The van der Waals surface area contributed by atoms with Crippen LogP contribution in [0.2, 0.25) is 0 Å². The summed E-state index contributed by atoms with van der Waals surface area (Å²) in [4.78, 5) is 0. The van der Waals surface area contributed by atoms with Crippen LogP contribution in [0.5, 0.6) is 0 Å². The van der Waals surface area contributed by atoms with Gasteiger partial charge in [-0.15, -0.1) is 0 Å². The molecule has 0 radical (unpaired) electrons. The Bertz CT molecular complexity index is 329. The standard InChI is InChI=1S/C15H22O/c1-11(2)12(3)15(16-5)13(4)14-9-7-6-8-10-14/h6-10,12-13,15H,1H2,2-5H3/t12-,13+,15-/m1/s1. The summed E-state index contributed by atoms with van der Waals surface area (Å²) in [5.74, 6) is 0.762. The molecule has 1 nitrogen and oxygen atoms in total. The van der Waals surface area contributed by atoms with Crippen LogP contribution in [0, 0.1) is 5.92 Å². The van der Waals surface area contributed by atoms with Gasteiger partial charge in [0.05, 0.1) is 6.10 Å². The lowest BCUT2D eigenvalue weighted by molar-refractivity contribution is 0.0524. The average molecular weight is 218 g/mol. The summed E-state index contributed by atoms with van der Waals surface area (Å²) in [5.41, 5.74) is 2.50. The van der Waals surface area contributed by atoms with E-state index in [1.807, 2.05) is 6.07 Å². The summed E-state index contributed by atoms with van der Waals surface area (Å²) in [6.07, 6.45) is 0.194. The maximum atomic E-state index is 5.63. The van der Waals surface area contributed by atoms with Crippen LogP contribution in [-0.4, -0.2) is 13.2 Å². The fourth-order valence-corrected chi connectivity index (χ4v) is 2.07. The monoisotopic (exact) mass is 218 g/mol. The molecule has 0 fully saturated rings. The molecular formula is C15H22O. The third-order valence-electron chi connectivity index (χ3n) is 3.36. The van der Waals surface area contributed by atoms with Crippen molar-refractivity contribution < 1.29 is 4.74 Å². The van der Waals surface area contributed by atoms with Gasteiger partial charge in [-0.1, -0.05) is 56.3 Å². The van der Waals surface area contributed by atoms with Crippen LogP contribution in [0.1, 0.15) is 32.3 Å². The van der Waals surface area contributed by atoms with Crippen molar-refractivity contribution in [1.29, 1.82) is 0 Å². The zero-order chi connectivity index (χ0) is 12.1. The first-order valence-corrected chi connectivity index (χ1v) is 5.81. The molecule has 0 amide bonds. The summed E-state index contributed by atoms with van der Waals surface area (Å²) >= 11 is 0. The topological polar surface area (TPSA) is 9.23 Å². The third-order valence-corrected chi connectivity index (χ3v) is 3.36. The van der Waals surface area contributed by atoms with Crippen LogP contribution < -0.4 is 0 Å². The molecule has 0 unspecified atom stereocenters. The van der Waals surface area contributed by atoms with E-state index in [1.165, 1.54) is 11.1 Å². The molecule has 1 aromatic carbocycles. The predicted octanol–water partition coefficient (Wildman–Crippen LogP) is 4.02. The molecule has 0 aromatic heterocycles. The van der Waals surface area contributed by atoms with E-state index in [4.69, 9.17) is 4.74 Å². The van der Waals surface area contributed by atoms with Crippen LogP contribution in [-0.2, 0) is 4.74 Å². The fraction of sp³-hybridized carbons (Fsp3) is 0.467. The Kier molecular flexibility index (Phi) is 4.75. The van der Waals surface area contributed by atoms with Crippen molar-refractivity contribution in [2.75, 3.05) is 7.11 Å². The van der Waals surface area contributed by atoms with Crippen molar-refractivity contribution in [2.45, 2.75) is 32.8 Å². The predicted molar refractivity (Wildman–Crippen MR) is 69.6 cm³/mol. The maximum Gasteiger partial charge on any atom is 0.0699 e. The van der Waals surface area contributed by atoms with Crippen LogP contribution in [0.15, 0.2) is 42.5 Å². The zero-order valence-electron chi connectivity index (χ0n) is 10.7. The van der Waals surface area contributed by atoms with Crippen molar-refractivity contribution in [3.63, 3.8) is 0 Å². The van der Waals surface area contributed by atoms with E-state index >= 15 is 0 Å². The second-order valence-electron chi connectivity index (χ2n) is 4.53. The van der Waals surface area contributed by atoms with Crippen LogP contribution in [0.3, 0.4) is 0 Å². The Morgan fingerprint density at radius 2 is 1.75 bits per heavy atom. The van der Waals surface area contributed by atoms with Gasteiger partial charge in [-0.3, -0.25) is 0 Å². The number of ether oxygens (including phenoxy) is 1. The van der Waals surface area contributed by atoms with Gasteiger partial charge in [0.25, 0.3) is 0 Å². The lowest BCUT2D eigenvalue weighted by Gasteiger charge is -2.29. The Labute approximate surface area is 99.1 Å². The van der Waals surface area contributed by atoms with E-state index < -0.39 is 0 Å². The summed E-state index contributed by atoms with van der Waals surface area (Å²) < 4.78 is 5.63. The van der Waals surface area contributed by atoms with E-state index in [9.17, 15) is 0 Å². The molecule has 0 saturated heterocycles. The molecule has 1 heteroatoms. The number of benzene rings is 1. The molecule has 0 saturated carbocycles. The fourth-order valence-electron chi connectivity index (χ4n) is 2.07. The van der Waals surface area contributed by atoms with Crippen molar-refractivity contribution in [1.82, 2.24) is 0 Å². The highest BCUT2D eigenvalue weighted by Crippen LogP contribution is 2.29. The molecule has 3 atom stereocenters. The summed E-state index contributed by atoms with van der Waals surface area (Å²) in [5, 5.41) is 0. The van der Waals surface area contributed by atoms with Crippen LogP contribution >= 0.6 is 0 Å². The number of rotatable bonds is 5. The normalized spacial score (nSPS) is 16.5. The van der Waals surface area contributed by atoms with Gasteiger partial charge < -0.3 is 4.74 Å². The summed E-state index contributed by atoms with van der Waals surface area (Å²) in [7, 11) is 1.78. The number of methoxy groups -OCH3 is 1. The highest BCUT2D eigenvalue weighted by atomic mass is 16.5. The highest BCUT2D eigenvalue weighted by molar-refractivity contribution is 5.21. The molecular weight excluding hydrogens is 196 g/mol. The summed E-state index contributed by atoms with van der Waals surface area (Å²) in [6.45, 7) is 10.5. The SMILES string of the molecule is C=C(C)[C@@H](C)[C@@H](OC)[C@@H](C)c1ccccc1. The minimum absolute atomic E-state index is 0.194. The molecule has 0 N–H and O–H groups in total. The molecule has 0 aliphatic carbocycles. The smallest absolute Gasteiger partial charge is 0.0699 e. The molecule has 0 bridgehead atoms. The lowest BCUT2D eigenvalue weighted by Crippen LogP contribution is -2.27. The minimum atomic E-state index is 0.194. The van der Waals surface area contributed by atoms with E-state index in [2.05, 4.69) is 51.6 Å². The second-order valence-corrected chi connectivity index (χ2v) is 4.53. The molecule has 1 aromatic rings.